The predicted octanol–water partition coefficient (Wildman–Crippen LogP) is 1.88. The zero-order chi connectivity index (χ0) is 19.9. The van der Waals surface area contributed by atoms with Crippen molar-refractivity contribution in [3.8, 4) is 0 Å². The highest BCUT2D eigenvalue weighted by Crippen LogP contribution is 2.34. The van der Waals surface area contributed by atoms with E-state index >= 15 is 0 Å². The van der Waals surface area contributed by atoms with Gasteiger partial charge in [-0.3, -0.25) is 9.10 Å². The Morgan fingerprint density at radius 3 is 2.89 bits per heavy atom. The van der Waals surface area contributed by atoms with Crippen molar-refractivity contribution in [1.82, 2.24) is 9.78 Å². The number of carbonyl (C=O) groups is 1. The zero-order valence-corrected chi connectivity index (χ0v) is 16.8. The fraction of sp³-hybridized carbons (Fsp3) is 0.474. The van der Waals surface area contributed by atoms with Gasteiger partial charge in [-0.1, -0.05) is 0 Å². The molecule has 1 fully saturated rings. The number of ether oxygens (including phenoxy) is 1. The van der Waals surface area contributed by atoms with Crippen molar-refractivity contribution in [2.45, 2.75) is 32.4 Å². The van der Waals surface area contributed by atoms with Gasteiger partial charge in [-0.15, -0.1) is 0 Å². The second-order valence-electron chi connectivity index (χ2n) is 7.54. The van der Waals surface area contributed by atoms with E-state index in [4.69, 9.17) is 4.74 Å². The maximum absolute atomic E-state index is 12.8. The van der Waals surface area contributed by atoms with Crippen molar-refractivity contribution in [3.63, 3.8) is 0 Å². The quantitative estimate of drug-likeness (QED) is 0.821. The van der Waals surface area contributed by atoms with Crippen LogP contribution in [0.4, 0.5) is 11.5 Å². The molecule has 2 atom stereocenters. The van der Waals surface area contributed by atoms with E-state index in [1.165, 1.54) is 10.6 Å². The van der Waals surface area contributed by atoms with Gasteiger partial charge in [-0.25, -0.2) is 13.1 Å². The summed E-state index contributed by atoms with van der Waals surface area (Å²) < 4.78 is 32.7. The minimum absolute atomic E-state index is 0.154. The van der Waals surface area contributed by atoms with Crippen molar-refractivity contribution >= 4 is 27.4 Å². The van der Waals surface area contributed by atoms with E-state index in [-0.39, 0.29) is 11.9 Å². The average Bonchev–Trinajstić information content (AvgIpc) is 3.34. The number of hydrogen-bond acceptors (Lipinski definition) is 5. The van der Waals surface area contributed by atoms with Gasteiger partial charge in [-0.05, 0) is 43.5 Å². The summed E-state index contributed by atoms with van der Waals surface area (Å²) in [6.07, 6.45) is 4.45. The Morgan fingerprint density at radius 1 is 1.36 bits per heavy atom. The van der Waals surface area contributed by atoms with Crippen LogP contribution < -0.4 is 9.62 Å². The first kappa shape index (κ1) is 18.9. The largest absolute Gasteiger partial charge is 0.381 e. The van der Waals surface area contributed by atoms with Gasteiger partial charge in [0.15, 0.2) is 0 Å². The average molecular weight is 404 g/mol. The van der Waals surface area contributed by atoms with Crippen LogP contribution in [0.2, 0.25) is 0 Å². The zero-order valence-electron chi connectivity index (χ0n) is 16.0. The first-order valence-electron chi connectivity index (χ1n) is 9.36. The van der Waals surface area contributed by atoms with Crippen LogP contribution in [0.3, 0.4) is 0 Å². The van der Waals surface area contributed by atoms with E-state index in [0.717, 1.165) is 18.6 Å². The summed E-state index contributed by atoms with van der Waals surface area (Å²) in [5.74, 6) is 0.806. The molecule has 9 heteroatoms. The molecular formula is C19H24N4O4S. The number of rotatable bonds is 5. The van der Waals surface area contributed by atoms with E-state index in [1.807, 2.05) is 6.92 Å². The number of aromatic nitrogens is 2. The van der Waals surface area contributed by atoms with Gasteiger partial charge in [0.25, 0.3) is 5.91 Å². The van der Waals surface area contributed by atoms with Crippen LogP contribution in [0, 0.1) is 5.92 Å². The van der Waals surface area contributed by atoms with Crippen molar-refractivity contribution in [2.24, 2.45) is 5.92 Å². The van der Waals surface area contributed by atoms with E-state index in [9.17, 15) is 13.2 Å². The summed E-state index contributed by atoms with van der Waals surface area (Å²) in [5, 5.41) is 7.22. The molecule has 0 radical (unpaired) electrons. The number of fused-ring (bicyclic) bond motifs is 1. The molecule has 1 aromatic carbocycles. The van der Waals surface area contributed by atoms with Gasteiger partial charge in [0.2, 0.25) is 10.0 Å². The molecule has 0 aliphatic carbocycles. The number of benzene rings is 1. The Hall–Kier alpha value is -2.39. The molecule has 3 heterocycles. The van der Waals surface area contributed by atoms with Gasteiger partial charge < -0.3 is 10.1 Å². The third kappa shape index (κ3) is 3.64. The molecule has 4 rings (SSSR count). The monoisotopic (exact) mass is 404 g/mol. The third-order valence-corrected chi connectivity index (χ3v) is 6.54. The van der Waals surface area contributed by atoms with Crippen LogP contribution in [0.25, 0.3) is 0 Å². The lowest BCUT2D eigenvalue weighted by molar-refractivity contribution is 0.102. The first-order chi connectivity index (χ1) is 13.3. The maximum atomic E-state index is 12.8. The number of nitrogens with zero attached hydrogens (tertiary/aromatic N) is 3. The van der Waals surface area contributed by atoms with E-state index in [2.05, 4.69) is 10.4 Å². The van der Waals surface area contributed by atoms with E-state index < -0.39 is 10.0 Å². The smallest absolute Gasteiger partial charge is 0.256 e. The summed E-state index contributed by atoms with van der Waals surface area (Å²) in [5.41, 5.74) is 2.01. The lowest BCUT2D eigenvalue weighted by Gasteiger charge is -2.21. The van der Waals surface area contributed by atoms with Gasteiger partial charge >= 0.3 is 0 Å². The number of sulfonamides is 1. The number of carbonyl (C=O) groups excluding carboxylic acids is 1. The van der Waals surface area contributed by atoms with Gasteiger partial charge in [0.05, 0.1) is 24.7 Å². The number of amides is 1. The standard InChI is InChI=1S/C19H24N4O4S/c1-13-9-16-10-15(3-4-17(16)23(13)28(2,25)26)19(24)21-18-5-7-20-22(18)11-14-6-8-27-12-14/h3-5,7,10,13-14H,6,8-9,11-12H2,1-2H3,(H,21,24)/t13-,14-/m1/s1. The highest BCUT2D eigenvalue weighted by molar-refractivity contribution is 7.92. The Kier molecular flexibility index (Phi) is 4.88. The normalized spacial score (nSPS) is 21.7. The van der Waals surface area contributed by atoms with Crippen molar-refractivity contribution < 1.29 is 17.9 Å². The molecule has 2 aliphatic rings. The molecule has 0 bridgehead atoms. The Labute approximate surface area is 164 Å². The van der Waals surface area contributed by atoms with Crippen LogP contribution in [-0.4, -0.2) is 49.6 Å². The lowest BCUT2D eigenvalue weighted by atomic mass is 10.1. The predicted molar refractivity (Wildman–Crippen MR) is 106 cm³/mol. The van der Waals surface area contributed by atoms with Crippen molar-refractivity contribution in [1.29, 1.82) is 0 Å². The van der Waals surface area contributed by atoms with Crippen LogP contribution in [0.15, 0.2) is 30.5 Å². The highest BCUT2D eigenvalue weighted by atomic mass is 32.2. The fourth-order valence-electron chi connectivity index (χ4n) is 3.99. The maximum Gasteiger partial charge on any atom is 0.256 e. The van der Waals surface area contributed by atoms with Crippen LogP contribution >= 0.6 is 0 Å². The summed E-state index contributed by atoms with van der Waals surface area (Å²) in [4.78, 5) is 12.8. The second-order valence-corrected chi connectivity index (χ2v) is 9.40. The molecule has 8 nitrogen and oxygen atoms in total. The van der Waals surface area contributed by atoms with Crippen molar-refractivity contribution in [2.75, 3.05) is 29.1 Å². The molecular weight excluding hydrogens is 380 g/mol. The van der Waals surface area contributed by atoms with Crippen LogP contribution in [0.1, 0.15) is 29.3 Å². The molecule has 1 N–H and O–H groups in total. The van der Waals surface area contributed by atoms with Crippen LogP contribution in [0.5, 0.6) is 0 Å². The van der Waals surface area contributed by atoms with E-state index in [0.29, 0.717) is 42.6 Å². The van der Waals surface area contributed by atoms with Gasteiger partial charge in [0, 0.05) is 36.7 Å². The minimum atomic E-state index is -3.35. The number of anilines is 2. The first-order valence-corrected chi connectivity index (χ1v) is 11.2. The lowest BCUT2D eigenvalue weighted by Crippen LogP contribution is -2.34. The molecule has 2 aromatic rings. The SMILES string of the molecule is C[C@@H]1Cc2cc(C(=O)Nc3ccnn3C[C@H]3CCOC3)ccc2N1S(C)(=O)=O. The molecule has 0 unspecified atom stereocenters. The molecule has 0 spiro atoms. The Bertz CT molecular complexity index is 995. The highest BCUT2D eigenvalue weighted by Gasteiger charge is 2.32. The van der Waals surface area contributed by atoms with E-state index in [1.54, 1.807) is 35.1 Å². The molecule has 0 saturated carbocycles. The summed E-state index contributed by atoms with van der Waals surface area (Å²) >= 11 is 0. The second kappa shape index (κ2) is 7.21. The molecule has 1 amide bonds. The topological polar surface area (TPSA) is 93.5 Å². The summed E-state index contributed by atoms with van der Waals surface area (Å²) in [7, 11) is -3.35. The molecule has 150 valence electrons. The molecule has 1 aromatic heterocycles. The summed E-state index contributed by atoms with van der Waals surface area (Å²) in [6, 6.07) is 6.77. The Morgan fingerprint density at radius 2 is 2.18 bits per heavy atom. The number of nitrogens with one attached hydrogen (secondary N) is 1. The number of hydrogen-bond donors (Lipinski definition) is 1. The molecule has 2 aliphatic heterocycles. The van der Waals surface area contributed by atoms with Crippen LogP contribution in [-0.2, 0) is 27.7 Å². The Balaban J connectivity index is 1.51. The van der Waals surface area contributed by atoms with Gasteiger partial charge in [-0.2, -0.15) is 5.10 Å². The minimum Gasteiger partial charge on any atom is -0.381 e. The van der Waals surface area contributed by atoms with Gasteiger partial charge in [0.1, 0.15) is 5.82 Å². The fourth-order valence-corrected chi connectivity index (χ4v) is 5.26. The molecule has 28 heavy (non-hydrogen) atoms. The third-order valence-electron chi connectivity index (χ3n) is 5.27. The molecule has 1 saturated heterocycles. The summed E-state index contributed by atoms with van der Waals surface area (Å²) in [6.45, 7) is 4.05. The van der Waals surface area contributed by atoms with Crippen molar-refractivity contribution in [3.05, 3.63) is 41.6 Å².